The van der Waals surface area contributed by atoms with Crippen molar-refractivity contribution in [1.29, 1.82) is 0 Å². The summed E-state index contributed by atoms with van der Waals surface area (Å²) in [6.45, 7) is 2.06. The molecule has 0 radical (unpaired) electrons. The molecule has 0 amide bonds. The molecule has 0 atom stereocenters. The molecule has 6 heteroatoms. The van der Waals surface area contributed by atoms with E-state index in [2.05, 4.69) is 14.7 Å². The Hall–Kier alpha value is -1.62. The molecule has 2 N–H and O–H groups in total. The van der Waals surface area contributed by atoms with E-state index in [1.165, 1.54) is 18.3 Å². The number of nitrogens with two attached hydrogens (primary N) is 1. The Morgan fingerprint density at radius 3 is 3.07 bits per heavy atom. The summed E-state index contributed by atoms with van der Waals surface area (Å²) in [6.07, 6.45) is 4.12. The Balaban J connectivity index is 2.72. The van der Waals surface area contributed by atoms with Gasteiger partial charge in [0.2, 0.25) is 0 Å². The number of carbonyl (C=O) groups is 1. The SMILES string of the molecule is CCOC(=O)C=Cc1cnc(N)c(Cl)n1. The molecule has 15 heavy (non-hydrogen) atoms. The highest BCUT2D eigenvalue weighted by Crippen LogP contribution is 2.12. The Labute approximate surface area is 91.9 Å². The third kappa shape index (κ3) is 3.55. The molecule has 0 aliphatic carbocycles. The molecule has 0 unspecified atom stereocenters. The average Bonchev–Trinajstić information content (AvgIpc) is 2.20. The van der Waals surface area contributed by atoms with Gasteiger partial charge in [-0.05, 0) is 13.0 Å². The number of anilines is 1. The van der Waals surface area contributed by atoms with Gasteiger partial charge in [-0.2, -0.15) is 0 Å². The first-order valence-corrected chi connectivity index (χ1v) is 4.64. The Morgan fingerprint density at radius 1 is 1.73 bits per heavy atom. The van der Waals surface area contributed by atoms with Crippen molar-refractivity contribution in [3.63, 3.8) is 0 Å². The lowest BCUT2D eigenvalue weighted by molar-refractivity contribution is -0.137. The van der Waals surface area contributed by atoms with Gasteiger partial charge >= 0.3 is 5.97 Å². The normalized spacial score (nSPS) is 10.5. The number of aromatic nitrogens is 2. The van der Waals surface area contributed by atoms with Gasteiger partial charge in [0.1, 0.15) is 0 Å². The van der Waals surface area contributed by atoms with Crippen LogP contribution in [0.1, 0.15) is 12.6 Å². The molecule has 0 saturated carbocycles. The lowest BCUT2D eigenvalue weighted by Crippen LogP contribution is -1.99. The van der Waals surface area contributed by atoms with Gasteiger partial charge in [-0.15, -0.1) is 0 Å². The summed E-state index contributed by atoms with van der Waals surface area (Å²) in [5.74, 6) is -0.280. The van der Waals surface area contributed by atoms with E-state index in [0.717, 1.165) is 0 Å². The first kappa shape index (κ1) is 11.5. The van der Waals surface area contributed by atoms with Crippen LogP contribution in [0, 0.1) is 0 Å². The first-order valence-electron chi connectivity index (χ1n) is 4.26. The summed E-state index contributed by atoms with van der Waals surface area (Å²) >= 11 is 5.64. The molecule has 0 fully saturated rings. The number of hydrogen-bond donors (Lipinski definition) is 1. The van der Waals surface area contributed by atoms with Gasteiger partial charge in [0.15, 0.2) is 11.0 Å². The molecule has 0 aliphatic rings. The van der Waals surface area contributed by atoms with E-state index in [-0.39, 0.29) is 11.0 Å². The maximum absolute atomic E-state index is 11.0. The topological polar surface area (TPSA) is 78.1 Å². The molecule has 1 aromatic rings. The summed E-state index contributed by atoms with van der Waals surface area (Å²) in [7, 11) is 0. The van der Waals surface area contributed by atoms with Crippen LogP contribution in [0.3, 0.4) is 0 Å². The molecule has 0 saturated heterocycles. The van der Waals surface area contributed by atoms with Crippen molar-refractivity contribution in [3.8, 4) is 0 Å². The molecular formula is C9H10ClN3O2. The summed E-state index contributed by atoms with van der Waals surface area (Å²) in [5.41, 5.74) is 5.82. The predicted molar refractivity (Wildman–Crippen MR) is 57.1 cm³/mol. The van der Waals surface area contributed by atoms with Crippen LogP contribution in [-0.2, 0) is 9.53 Å². The molecular weight excluding hydrogens is 218 g/mol. The summed E-state index contributed by atoms with van der Waals surface area (Å²) < 4.78 is 4.69. The standard InChI is InChI=1S/C9H10ClN3O2/c1-2-15-7(14)4-3-6-5-12-9(11)8(10)13-6/h3-5H,2H2,1H3,(H2,11,12). The number of halogens is 1. The number of esters is 1. The Bertz CT molecular complexity index is 393. The molecule has 1 rings (SSSR count). The predicted octanol–water partition coefficient (Wildman–Crippen LogP) is 1.29. The van der Waals surface area contributed by atoms with Crippen molar-refractivity contribution in [2.24, 2.45) is 0 Å². The lowest BCUT2D eigenvalue weighted by Gasteiger charge is -1.97. The van der Waals surface area contributed by atoms with E-state index in [1.807, 2.05) is 0 Å². The summed E-state index contributed by atoms with van der Waals surface area (Å²) in [6, 6.07) is 0. The molecule has 0 aromatic carbocycles. The van der Waals surface area contributed by atoms with E-state index in [9.17, 15) is 4.79 Å². The highest BCUT2D eigenvalue weighted by molar-refractivity contribution is 6.31. The van der Waals surface area contributed by atoms with Crippen LogP contribution >= 0.6 is 11.6 Å². The maximum atomic E-state index is 11.0. The molecule has 0 bridgehead atoms. The fourth-order valence-corrected chi connectivity index (χ4v) is 0.959. The zero-order valence-corrected chi connectivity index (χ0v) is 8.86. The minimum atomic E-state index is -0.438. The largest absolute Gasteiger partial charge is 0.463 e. The second-order valence-electron chi connectivity index (χ2n) is 2.56. The second kappa shape index (κ2) is 5.31. The van der Waals surface area contributed by atoms with E-state index in [1.54, 1.807) is 6.92 Å². The van der Waals surface area contributed by atoms with E-state index < -0.39 is 5.97 Å². The van der Waals surface area contributed by atoms with Crippen LogP contribution in [0.2, 0.25) is 5.15 Å². The van der Waals surface area contributed by atoms with Crippen molar-refractivity contribution < 1.29 is 9.53 Å². The number of carbonyl (C=O) groups excluding carboxylic acids is 1. The summed E-state index contributed by atoms with van der Waals surface area (Å²) in [5, 5.41) is 0.112. The van der Waals surface area contributed by atoms with Gasteiger partial charge in [0, 0.05) is 6.08 Å². The number of hydrogen-bond acceptors (Lipinski definition) is 5. The van der Waals surface area contributed by atoms with Crippen molar-refractivity contribution >= 4 is 29.5 Å². The number of nitrogens with zero attached hydrogens (tertiary/aromatic N) is 2. The number of ether oxygens (including phenoxy) is 1. The van der Waals surface area contributed by atoms with Crippen LogP contribution in [0.5, 0.6) is 0 Å². The van der Waals surface area contributed by atoms with Crippen LogP contribution in [-0.4, -0.2) is 22.5 Å². The highest BCUT2D eigenvalue weighted by Gasteiger charge is 2.00. The monoisotopic (exact) mass is 227 g/mol. The fourth-order valence-electron chi connectivity index (χ4n) is 0.813. The minimum absolute atomic E-state index is 0.112. The Morgan fingerprint density at radius 2 is 2.47 bits per heavy atom. The number of rotatable bonds is 3. The van der Waals surface area contributed by atoms with Gasteiger partial charge < -0.3 is 10.5 Å². The zero-order chi connectivity index (χ0) is 11.3. The third-order valence-electron chi connectivity index (χ3n) is 1.45. The molecule has 5 nitrogen and oxygen atoms in total. The van der Waals surface area contributed by atoms with Gasteiger partial charge in [0.05, 0.1) is 18.5 Å². The van der Waals surface area contributed by atoms with Gasteiger partial charge in [0.25, 0.3) is 0 Å². The van der Waals surface area contributed by atoms with E-state index >= 15 is 0 Å². The molecule has 0 aliphatic heterocycles. The van der Waals surface area contributed by atoms with Crippen molar-refractivity contribution in [3.05, 3.63) is 23.1 Å². The van der Waals surface area contributed by atoms with E-state index in [0.29, 0.717) is 12.3 Å². The maximum Gasteiger partial charge on any atom is 0.330 e. The van der Waals surface area contributed by atoms with Crippen LogP contribution < -0.4 is 5.73 Å². The van der Waals surface area contributed by atoms with Crippen LogP contribution in [0.4, 0.5) is 5.82 Å². The average molecular weight is 228 g/mol. The van der Waals surface area contributed by atoms with Gasteiger partial charge in [-0.1, -0.05) is 11.6 Å². The molecule has 80 valence electrons. The quantitative estimate of drug-likeness (QED) is 0.622. The van der Waals surface area contributed by atoms with Crippen molar-refractivity contribution in [1.82, 2.24) is 9.97 Å². The molecule has 1 heterocycles. The Kier molecular flexibility index (Phi) is 4.05. The van der Waals surface area contributed by atoms with Crippen molar-refractivity contribution in [2.45, 2.75) is 6.92 Å². The fraction of sp³-hybridized carbons (Fsp3) is 0.222. The summed E-state index contributed by atoms with van der Waals surface area (Å²) in [4.78, 5) is 18.6. The van der Waals surface area contributed by atoms with Gasteiger partial charge in [-0.3, -0.25) is 0 Å². The number of nitrogen functional groups attached to an aromatic ring is 1. The van der Waals surface area contributed by atoms with Crippen molar-refractivity contribution in [2.75, 3.05) is 12.3 Å². The van der Waals surface area contributed by atoms with E-state index in [4.69, 9.17) is 17.3 Å². The smallest absolute Gasteiger partial charge is 0.330 e. The molecule has 0 spiro atoms. The first-order chi connectivity index (χ1) is 7.13. The second-order valence-corrected chi connectivity index (χ2v) is 2.91. The van der Waals surface area contributed by atoms with Gasteiger partial charge in [-0.25, -0.2) is 14.8 Å². The molecule has 1 aromatic heterocycles. The lowest BCUT2D eigenvalue weighted by atomic mass is 10.4. The minimum Gasteiger partial charge on any atom is -0.463 e. The third-order valence-corrected chi connectivity index (χ3v) is 1.73. The van der Waals surface area contributed by atoms with Crippen LogP contribution in [0.15, 0.2) is 12.3 Å². The highest BCUT2D eigenvalue weighted by atomic mass is 35.5. The van der Waals surface area contributed by atoms with Crippen LogP contribution in [0.25, 0.3) is 6.08 Å². The zero-order valence-electron chi connectivity index (χ0n) is 8.11.